The summed E-state index contributed by atoms with van der Waals surface area (Å²) in [7, 11) is 0. The van der Waals surface area contributed by atoms with Gasteiger partial charge in [-0.15, -0.1) is 0 Å². The molecular weight excluding hydrogens is 290 g/mol. The fraction of sp³-hybridized carbons (Fsp3) is 0.600. The molecule has 0 bridgehead atoms. The number of rotatable bonds is 5. The number of benzene rings is 1. The second-order valence-corrected chi connectivity index (χ2v) is 6.48. The highest BCUT2D eigenvalue weighted by atomic mass is 79.9. The van der Waals surface area contributed by atoms with Crippen LogP contribution in [0.2, 0.25) is 0 Å². The van der Waals surface area contributed by atoms with Crippen molar-refractivity contribution < 1.29 is 5.11 Å². The van der Waals surface area contributed by atoms with Crippen LogP contribution < -0.4 is 5.32 Å². The molecule has 0 amide bonds. The number of aliphatic hydroxyl groups is 1. The molecule has 2 atom stereocenters. The average Bonchev–Trinajstić information content (AvgIpc) is 2.68. The third-order valence-corrected chi connectivity index (χ3v) is 4.19. The van der Waals surface area contributed by atoms with Crippen LogP contribution in [0.5, 0.6) is 0 Å². The number of aryl methyl sites for hydroxylation is 1. The van der Waals surface area contributed by atoms with Crippen LogP contribution in [0.15, 0.2) is 22.7 Å². The van der Waals surface area contributed by atoms with Crippen molar-refractivity contribution in [1.82, 2.24) is 5.32 Å². The van der Waals surface area contributed by atoms with E-state index in [9.17, 15) is 5.11 Å². The monoisotopic (exact) mass is 311 g/mol. The van der Waals surface area contributed by atoms with E-state index in [1.165, 1.54) is 11.1 Å². The van der Waals surface area contributed by atoms with Crippen molar-refractivity contribution in [3.05, 3.63) is 33.8 Å². The summed E-state index contributed by atoms with van der Waals surface area (Å²) in [4.78, 5) is 0. The molecule has 0 saturated carbocycles. The molecule has 100 valence electrons. The molecule has 0 radical (unpaired) electrons. The van der Waals surface area contributed by atoms with Crippen LogP contribution in [0.3, 0.4) is 0 Å². The zero-order valence-electron chi connectivity index (χ0n) is 11.2. The largest absolute Gasteiger partial charge is 0.389 e. The lowest BCUT2D eigenvalue weighted by Crippen LogP contribution is -2.38. The zero-order chi connectivity index (χ0) is 13.2. The normalized spacial score (nSPS) is 21.7. The lowest BCUT2D eigenvalue weighted by Gasteiger charge is -2.25. The quantitative estimate of drug-likeness (QED) is 0.871. The van der Waals surface area contributed by atoms with E-state index in [1.54, 1.807) is 0 Å². The van der Waals surface area contributed by atoms with Crippen molar-refractivity contribution in [2.45, 2.75) is 51.2 Å². The Morgan fingerprint density at radius 3 is 3.00 bits per heavy atom. The molecule has 1 aromatic rings. The van der Waals surface area contributed by atoms with Crippen LogP contribution in [-0.4, -0.2) is 17.3 Å². The van der Waals surface area contributed by atoms with E-state index in [1.807, 2.05) is 6.92 Å². The van der Waals surface area contributed by atoms with Crippen molar-refractivity contribution in [3.8, 4) is 0 Å². The van der Waals surface area contributed by atoms with E-state index in [4.69, 9.17) is 0 Å². The van der Waals surface area contributed by atoms with Crippen LogP contribution in [0.4, 0.5) is 0 Å². The van der Waals surface area contributed by atoms with E-state index < -0.39 is 5.60 Å². The van der Waals surface area contributed by atoms with Crippen molar-refractivity contribution in [2.24, 2.45) is 0 Å². The molecule has 2 rings (SSSR count). The van der Waals surface area contributed by atoms with Gasteiger partial charge in [0.15, 0.2) is 0 Å². The Hall–Kier alpha value is -0.380. The first-order chi connectivity index (χ1) is 8.52. The van der Waals surface area contributed by atoms with Crippen LogP contribution >= 0.6 is 15.9 Å². The van der Waals surface area contributed by atoms with E-state index >= 15 is 0 Å². The summed E-state index contributed by atoms with van der Waals surface area (Å²) in [6, 6.07) is 6.90. The molecule has 0 heterocycles. The topological polar surface area (TPSA) is 32.3 Å². The molecule has 2 nitrogen and oxygen atoms in total. The molecule has 0 saturated heterocycles. The van der Waals surface area contributed by atoms with Crippen molar-refractivity contribution in [3.63, 3.8) is 0 Å². The van der Waals surface area contributed by atoms with Gasteiger partial charge >= 0.3 is 0 Å². The van der Waals surface area contributed by atoms with Gasteiger partial charge in [-0.25, -0.2) is 0 Å². The van der Waals surface area contributed by atoms with Gasteiger partial charge in [-0.1, -0.05) is 35.3 Å². The fourth-order valence-corrected chi connectivity index (χ4v) is 3.18. The Bertz CT molecular complexity index is 417. The predicted molar refractivity (Wildman–Crippen MR) is 78.7 cm³/mol. The van der Waals surface area contributed by atoms with E-state index in [0.29, 0.717) is 12.6 Å². The van der Waals surface area contributed by atoms with Crippen LogP contribution in [0.25, 0.3) is 0 Å². The van der Waals surface area contributed by atoms with E-state index in [2.05, 4.69) is 46.4 Å². The minimum absolute atomic E-state index is 0.399. The first-order valence-electron chi connectivity index (χ1n) is 6.76. The highest BCUT2D eigenvalue weighted by molar-refractivity contribution is 9.10. The number of fused-ring (bicyclic) bond motifs is 1. The SMILES string of the molecule is CCCC(C)(O)CNC1CCc2cc(Br)ccc21. The highest BCUT2D eigenvalue weighted by Gasteiger charge is 2.25. The summed E-state index contributed by atoms with van der Waals surface area (Å²) in [6.45, 7) is 4.69. The second kappa shape index (κ2) is 5.72. The molecular formula is C15H22BrNO. The molecule has 0 aromatic heterocycles. The number of hydrogen-bond acceptors (Lipinski definition) is 2. The van der Waals surface area contributed by atoms with Gasteiger partial charge < -0.3 is 10.4 Å². The molecule has 1 aliphatic carbocycles. The van der Waals surface area contributed by atoms with Gasteiger partial charge in [0.1, 0.15) is 0 Å². The smallest absolute Gasteiger partial charge is 0.0743 e. The lowest BCUT2D eigenvalue weighted by atomic mass is 9.99. The molecule has 1 aromatic carbocycles. The molecule has 1 aliphatic rings. The van der Waals surface area contributed by atoms with Crippen molar-refractivity contribution >= 4 is 15.9 Å². The summed E-state index contributed by atoms with van der Waals surface area (Å²) >= 11 is 3.52. The molecule has 0 aliphatic heterocycles. The van der Waals surface area contributed by atoms with Gasteiger partial charge in [-0.05, 0) is 49.4 Å². The maximum Gasteiger partial charge on any atom is 0.0743 e. The van der Waals surface area contributed by atoms with E-state index in [0.717, 1.165) is 30.2 Å². The van der Waals surface area contributed by atoms with Crippen molar-refractivity contribution in [2.75, 3.05) is 6.54 Å². The van der Waals surface area contributed by atoms with Gasteiger partial charge in [-0.2, -0.15) is 0 Å². The first kappa shape index (κ1) is 14.0. The number of nitrogens with one attached hydrogen (secondary N) is 1. The molecule has 0 fully saturated rings. The Kier molecular flexibility index (Phi) is 4.46. The fourth-order valence-electron chi connectivity index (χ4n) is 2.77. The van der Waals surface area contributed by atoms with Crippen LogP contribution in [0, 0.1) is 0 Å². The van der Waals surface area contributed by atoms with Gasteiger partial charge in [-0.3, -0.25) is 0 Å². The van der Waals surface area contributed by atoms with Gasteiger partial charge in [0.2, 0.25) is 0 Å². The molecule has 2 unspecified atom stereocenters. The second-order valence-electron chi connectivity index (χ2n) is 5.56. The minimum Gasteiger partial charge on any atom is -0.389 e. The van der Waals surface area contributed by atoms with Gasteiger partial charge in [0.25, 0.3) is 0 Å². The third kappa shape index (κ3) is 3.34. The minimum atomic E-state index is -0.590. The molecule has 18 heavy (non-hydrogen) atoms. The first-order valence-corrected chi connectivity index (χ1v) is 7.55. The maximum absolute atomic E-state index is 10.2. The Morgan fingerprint density at radius 2 is 2.28 bits per heavy atom. The standard InChI is InChI=1S/C15H22BrNO/c1-3-8-15(2,18)10-17-14-7-4-11-9-12(16)5-6-13(11)14/h5-6,9,14,17-18H,3-4,7-8,10H2,1-2H3. The van der Waals surface area contributed by atoms with Crippen molar-refractivity contribution in [1.29, 1.82) is 0 Å². The molecule has 2 N–H and O–H groups in total. The van der Waals surface area contributed by atoms with Crippen LogP contribution in [0.1, 0.15) is 50.3 Å². The molecule has 3 heteroatoms. The van der Waals surface area contributed by atoms with Gasteiger partial charge in [0, 0.05) is 17.1 Å². The molecule has 0 spiro atoms. The van der Waals surface area contributed by atoms with E-state index in [-0.39, 0.29) is 0 Å². The Labute approximate surface area is 118 Å². The summed E-state index contributed by atoms with van der Waals surface area (Å²) < 4.78 is 1.15. The Morgan fingerprint density at radius 1 is 1.50 bits per heavy atom. The third-order valence-electron chi connectivity index (χ3n) is 3.70. The zero-order valence-corrected chi connectivity index (χ0v) is 12.8. The number of hydrogen-bond donors (Lipinski definition) is 2. The summed E-state index contributed by atoms with van der Waals surface area (Å²) in [5, 5.41) is 13.7. The predicted octanol–water partition coefficient (Wildman–Crippen LogP) is 3.58. The maximum atomic E-state index is 10.2. The Balaban J connectivity index is 1.98. The van der Waals surface area contributed by atoms with Gasteiger partial charge in [0.05, 0.1) is 5.60 Å². The summed E-state index contributed by atoms with van der Waals surface area (Å²) in [6.07, 6.45) is 4.12. The average molecular weight is 312 g/mol. The summed E-state index contributed by atoms with van der Waals surface area (Å²) in [5.41, 5.74) is 2.23. The highest BCUT2D eigenvalue weighted by Crippen LogP contribution is 2.33. The lowest BCUT2D eigenvalue weighted by molar-refractivity contribution is 0.0471. The van der Waals surface area contributed by atoms with Crippen LogP contribution in [-0.2, 0) is 6.42 Å². The summed E-state index contributed by atoms with van der Waals surface area (Å²) in [5.74, 6) is 0. The number of halogens is 1.